The molecule has 3 heteroatoms. The van der Waals surface area contributed by atoms with Crippen molar-refractivity contribution >= 4 is 18.5 Å². The maximum atomic E-state index is 11.8. The molecule has 1 rings (SSSR count). The number of hydrogen-bond acceptors (Lipinski definition) is 2. The van der Waals surface area contributed by atoms with Gasteiger partial charge < -0.3 is 5.32 Å². The van der Waals surface area contributed by atoms with Gasteiger partial charge >= 0.3 is 0 Å². The number of rotatable bonds is 3. The number of thiol groups is 1. The molecule has 1 unspecified atom stereocenters. The Hall–Kier alpha value is -0.960. The normalized spacial score (nSPS) is 12.6. The summed E-state index contributed by atoms with van der Waals surface area (Å²) in [6.07, 6.45) is 0. The maximum absolute atomic E-state index is 11.8. The summed E-state index contributed by atoms with van der Waals surface area (Å²) in [6, 6.07) is 7.43. The lowest BCUT2D eigenvalue weighted by Crippen LogP contribution is -2.36. The van der Waals surface area contributed by atoms with Crippen molar-refractivity contribution < 1.29 is 4.79 Å². The van der Waals surface area contributed by atoms with Crippen molar-refractivity contribution in [2.24, 2.45) is 5.92 Å². The van der Waals surface area contributed by atoms with Gasteiger partial charge in [-0.1, -0.05) is 19.9 Å². The molecule has 0 radical (unpaired) electrons. The second kappa shape index (κ2) is 5.21. The first kappa shape index (κ1) is 12.1. The summed E-state index contributed by atoms with van der Waals surface area (Å²) in [5.41, 5.74) is 0.662. The quantitative estimate of drug-likeness (QED) is 0.758. The zero-order valence-corrected chi connectivity index (χ0v) is 10.2. The zero-order chi connectivity index (χ0) is 11.4. The van der Waals surface area contributed by atoms with Gasteiger partial charge in [0.2, 0.25) is 0 Å². The molecular formula is C12H17NOS. The fourth-order valence-corrected chi connectivity index (χ4v) is 1.33. The molecule has 0 aliphatic carbocycles. The molecule has 0 saturated carbocycles. The summed E-state index contributed by atoms with van der Waals surface area (Å²) in [5, 5.41) is 2.95. The standard InChI is InChI=1S/C12H17NOS/c1-8(2)9(3)13-12(14)10-5-4-6-11(15)7-10/h4-9,15H,1-3H3,(H,13,14). The Bertz CT molecular complexity index is 349. The molecule has 2 nitrogen and oxygen atoms in total. The minimum absolute atomic E-state index is 0.0351. The van der Waals surface area contributed by atoms with Crippen LogP contribution in [0.4, 0.5) is 0 Å². The lowest BCUT2D eigenvalue weighted by atomic mass is 10.1. The Morgan fingerprint density at radius 1 is 1.33 bits per heavy atom. The largest absolute Gasteiger partial charge is 0.349 e. The fraction of sp³-hybridized carbons (Fsp3) is 0.417. The van der Waals surface area contributed by atoms with Gasteiger partial charge in [0, 0.05) is 16.5 Å². The smallest absolute Gasteiger partial charge is 0.251 e. The molecule has 0 spiro atoms. The highest BCUT2D eigenvalue weighted by Gasteiger charge is 2.12. The maximum Gasteiger partial charge on any atom is 0.251 e. The predicted molar refractivity (Wildman–Crippen MR) is 65.5 cm³/mol. The summed E-state index contributed by atoms with van der Waals surface area (Å²) < 4.78 is 0. The van der Waals surface area contributed by atoms with E-state index in [9.17, 15) is 4.79 Å². The van der Waals surface area contributed by atoms with Gasteiger partial charge in [0.25, 0.3) is 5.91 Å². The molecule has 1 N–H and O–H groups in total. The number of carbonyl (C=O) groups is 1. The van der Waals surface area contributed by atoms with Gasteiger partial charge in [0.1, 0.15) is 0 Å². The van der Waals surface area contributed by atoms with Crippen LogP contribution in [0.3, 0.4) is 0 Å². The van der Waals surface area contributed by atoms with Crippen LogP contribution in [0.2, 0.25) is 0 Å². The number of benzene rings is 1. The van der Waals surface area contributed by atoms with E-state index in [4.69, 9.17) is 0 Å². The Morgan fingerprint density at radius 3 is 2.53 bits per heavy atom. The van der Waals surface area contributed by atoms with Crippen LogP contribution in [-0.4, -0.2) is 11.9 Å². The number of amides is 1. The number of carbonyl (C=O) groups excluding carboxylic acids is 1. The molecule has 1 atom stereocenters. The Labute approximate surface area is 96.5 Å². The minimum atomic E-state index is -0.0351. The molecule has 0 aliphatic rings. The van der Waals surface area contributed by atoms with E-state index in [0.717, 1.165) is 4.90 Å². The van der Waals surface area contributed by atoms with E-state index in [1.54, 1.807) is 12.1 Å². The average Bonchev–Trinajstić information content (AvgIpc) is 2.17. The van der Waals surface area contributed by atoms with Crippen molar-refractivity contribution in [3.8, 4) is 0 Å². The molecule has 0 saturated heterocycles. The molecule has 1 amide bonds. The van der Waals surface area contributed by atoms with Crippen molar-refractivity contribution in [1.82, 2.24) is 5.32 Å². The highest BCUT2D eigenvalue weighted by molar-refractivity contribution is 7.80. The molecule has 1 aromatic carbocycles. The van der Waals surface area contributed by atoms with Gasteiger partial charge in [-0.25, -0.2) is 0 Å². The van der Waals surface area contributed by atoms with Crippen LogP contribution in [0.15, 0.2) is 29.2 Å². The molecule has 0 aliphatic heterocycles. The summed E-state index contributed by atoms with van der Waals surface area (Å²) in [5.74, 6) is 0.403. The van der Waals surface area contributed by atoms with Gasteiger partial charge in [-0.2, -0.15) is 0 Å². The topological polar surface area (TPSA) is 29.1 Å². The Kier molecular flexibility index (Phi) is 4.21. The van der Waals surface area contributed by atoms with E-state index in [1.165, 1.54) is 0 Å². The van der Waals surface area contributed by atoms with E-state index in [1.807, 2.05) is 19.1 Å². The van der Waals surface area contributed by atoms with Crippen LogP contribution >= 0.6 is 12.6 Å². The zero-order valence-electron chi connectivity index (χ0n) is 9.32. The van der Waals surface area contributed by atoms with Crippen molar-refractivity contribution in [2.75, 3.05) is 0 Å². The van der Waals surface area contributed by atoms with E-state index >= 15 is 0 Å². The highest BCUT2D eigenvalue weighted by atomic mass is 32.1. The van der Waals surface area contributed by atoms with Gasteiger partial charge in [0.15, 0.2) is 0 Å². The van der Waals surface area contributed by atoms with E-state index in [-0.39, 0.29) is 11.9 Å². The van der Waals surface area contributed by atoms with Crippen LogP contribution < -0.4 is 5.32 Å². The third kappa shape index (κ3) is 3.59. The number of hydrogen-bond donors (Lipinski definition) is 2. The van der Waals surface area contributed by atoms with Crippen LogP contribution in [0.5, 0.6) is 0 Å². The third-order valence-electron chi connectivity index (χ3n) is 2.47. The van der Waals surface area contributed by atoms with E-state index < -0.39 is 0 Å². The van der Waals surface area contributed by atoms with E-state index in [2.05, 4.69) is 31.8 Å². The monoisotopic (exact) mass is 223 g/mol. The van der Waals surface area contributed by atoms with Gasteiger partial charge in [-0.15, -0.1) is 12.6 Å². The first-order valence-corrected chi connectivity index (χ1v) is 5.55. The second-order valence-electron chi connectivity index (χ2n) is 4.06. The van der Waals surface area contributed by atoms with Crippen molar-refractivity contribution in [2.45, 2.75) is 31.7 Å². The lowest BCUT2D eigenvalue weighted by Gasteiger charge is -2.17. The molecule has 0 fully saturated rings. The van der Waals surface area contributed by atoms with Crippen LogP contribution in [-0.2, 0) is 0 Å². The molecule has 1 aromatic rings. The summed E-state index contributed by atoms with van der Waals surface area (Å²) >= 11 is 4.20. The first-order valence-electron chi connectivity index (χ1n) is 5.10. The van der Waals surface area contributed by atoms with Crippen molar-refractivity contribution in [1.29, 1.82) is 0 Å². The molecule has 0 aromatic heterocycles. The predicted octanol–water partition coefficient (Wildman–Crippen LogP) is 2.75. The summed E-state index contributed by atoms with van der Waals surface area (Å²) in [6.45, 7) is 6.17. The average molecular weight is 223 g/mol. The highest BCUT2D eigenvalue weighted by Crippen LogP contribution is 2.09. The van der Waals surface area contributed by atoms with Gasteiger partial charge in [0.05, 0.1) is 0 Å². The Morgan fingerprint density at radius 2 is 2.00 bits per heavy atom. The van der Waals surface area contributed by atoms with Crippen LogP contribution in [0.1, 0.15) is 31.1 Å². The SMILES string of the molecule is CC(C)C(C)NC(=O)c1cccc(S)c1. The van der Waals surface area contributed by atoms with Crippen LogP contribution in [0.25, 0.3) is 0 Å². The lowest BCUT2D eigenvalue weighted by molar-refractivity contribution is 0.0930. The fourth-order valence-electron chi connectivity index (χ4n) is 1.10. The number of nitrogens with one attached hydrogen (secondary N) is 1. The van der Waals surface area contributed by atoms with Gasteiger partial charge in [-0.05, 0) is 31.0 Å². The summed E-state index contributed by atoms with van der Waals surface area (Å²) in [7, 11) is 0. The second-order valence-corrected chi connectivity index (χ2v) is 4.57. The van der Waals surface area contributed by atoms with Crippen LogP contribution in [0, 0.1) is 5.92 Å². The molecular weight excluding hydrogens is 206 g/mol. The first-order chi connectivity index (χ1) is 7.00. The molecule has 0 heterocycles. The third-order valence-corrected chi connectivity index (χ3v) is 2.75. The minimum Gasteiger partial charge on any atom is -0.349 e. The van der Waals surface area contributed by atoms with Crippen molar-refractivity contribution in [3.63, 3.8) is 0 Å². The molecule has 0 bridgehead atoms. The Balaban J connectivity index is 2.69. The van der Waals surface area contributed by atoms with Gasteiger partial charge in [-0.3, -0.25) is 4.79 Å². The molecule has 82 valence electrons. The van der Waals surface area contributed by atoms with Crippen molar-refractivity contribution in [3.05, 3.63) is 29.8 Å². The summed E-state index contributed by atoms with van der Waals surface area (Å²) in [4.78, 5) is 12.6. The molecule has 15 heavy (non-hydrogen) atoms. The van der Waals surface area contributed by atoms with E-state index in [0.29, 0.717) is 11.5 Å².